The topological polar surface area (TPSA) is 86.8 Å². The Morgan fingerprint density at radius 1 is 1.44 bits per heavy atom. The minimum absolute atomic E-state index is 0.0910. The third-order valence-corrected chi connectivity index (χ3v) is 2.91. The molecule has 0 aromatic heterocycles. The first-order chi connectivity index (χ1) is 8.54. The van der Waals surface area contributed by atoms with Crippen molar-refractivity contribution in [1.29, 1.82) is 0 Å². The lowest BCUT2D eigenvalue weighted by Gasteiger charge is -2.32. The maximum atomic E-state index is 11.7. The van der Waals surface area contributed by atoms with Gasteiger partial charge in [0.05, 0.1) is 6.04 Å². The zero-order valence-corrected chi connectivity index (χ0v) is 10.6. The minimum Gasteiger partial charge on any atom is -0.333 e. The molecule has 0 aliphatic carbocycles. The molecule has 1 aliphatic heterocycles. The second-order valence-corrected chi connectivity index (χ2v) is 4.00. The summed E-state index contributed by atoms with van der Waals surface area (Å²) in [5.41, 5.74) is 0. The van der Waals surface area contributed by atoms with Gasteiger partial charge in [0.1, 0.15) is 6.29 Å². The first-order valence-corrected chi connectivity index (χ1v) is 6.01. The van der Waals surface area contributed by atoms with Crippen LogP contribution in [-0.2, 0) is 14.4 Å². The van der Waals surface area contributed by atoms with Gasteiger partial charge in [0.2, 0.25) is 0 Å². The van der Waals surface area contributed by atoms with Crippen molar-refractivity contribution in [1.82, 2.24) is 15.1 Å². The zero-order valence-electron chi connectivity index (χ0n) is 9.89. The molecule has 0 bridgehead atoms. The van der Waals surface area contributed by atoms with Crippen LogP contribution in [0, 0.1) is 0 Å². The summed E-state index contributed by atoms with van der Waals surface area (Å²) < 4.78 is 0. The van der Waals surface area contributed by atoms with Crippen LogP contribution in [0.4, 0.5) is 4.79 Å². The summed E-state index contributed by atoms with van der Waals surface area (Å²) in [7, 11) is 0. The van der Waals surface area contributed by atoms with E-state index in [-0.39, 0.29) is 12.4 Å². The van der Waals surface area contributed by atoms with Gasteiger partial charge in [0.15, 0.2) is 0 Å². The Kier molecular flexibility index (Phi) is 5.08. The number of carbonyl (C=O) groups excluding carboxylic acids is 4. The van der Waals surface area contributed by atoms with Crippen molar-refractivity contribution < 1.29 is 19.2 Å². The molecule has 1 fully saturated rings. The minimum atomic E-state index is -0.889. The second kappa shape index (κ2) is 6.34. The average molecular weight is 276 g/mol. The highest BCUT2D eigenvalue weighted by molar-refractivity contribution is 6.38. The number of piperazine rings is 1. The summed E-state index contributed by atoms with van der Waals surface area (Å²) in [6.07, 6.45) is 0.472. The lowest BCUT2D eigenvalue weighted by molar-refractivity contribution is -0.153. The van der Waals surface area contributed by atoms with Crippen molar-refractivity contribution in [2.45, 2.75) is 13.0 Å². The van der Waals surface area contributed by atoms with Crippen molar-refractivity contribution in [2.24, 2.45) is 0 Å². The predicted molar refractivity (Wildman–Crippen MR) is 63.1 cm³/mol. The van der Waals surface area contributed by atoms with E-state index in [1.165, 1.54) is 4.90 Å². The number of likely N-dealkylation sites (N-methyl/N-ethyl adjacent to an activating group) is 1. The van der Waals surface area contributed by atoms with Gasteiger partial charge in [-0.2, -0.15) is 0 Å². The molecule has 1 aliphatic rings. The van der Waals surface area contributed by atoms with Crippen LogP contribution >= 0.6 is 11.6 Å². The van der Waals surface area contributed by atoms with Crippen molar-refractivity contribution in [3.05, 3.63) is 0 Å². The normalized spacial score (nSPS) is 17.7. The van der Waals surface area contributed by atoms with E-state index in [0.717, 1.165) is 4.90 Å². The van der Waals surface area contributed by atoms with E-state index in [1.807, 2.05) is 0 Å². The third-order valence-electron chi connectivity index (χ3n) is 2.58. The van der Waals surface area contributed by atoms with Gasteiger partial charge >= 0.3 is 17.8 Å². The molecule has 0 aromatic carbocycles. The molecule has 1 rings (SSSR count). The molecule has 1 N–H and O–H groups in total. The standard InChI is InChI=1S/C10H14ClN3O4/c1-2-13-3-4-14(9(17)8(13)16)10(18)12-7(5-11)6-15/h6-7H,2-5H2,1H3,(H,12,18). The molecule has 1 atom stereocenters. The van der Waals surface area contributed by atoms with E-state index in [1.54, 1.807) is 6.92 Å². The van der Waals surface area contributed by atoms with Crippen LogP contribution < -0.4 is 5.32 Å². The Hall–Kier alpha value is -1.63. The highest BCUT2D eigenvalue weighted by Crippen LogP contribution is 2.05. The molecule has 4 amide bonds. The summed E-state index contributed by atoms with van der Waals surface area (Å²) >= 11 is 5.44. The summed E-state index contributed by atoms with van der Waals surface area (Å²) in [5, 5.41) is 2.27. The fourth-order valence-electron chi connectivity index (χ4n) is 1.52. The van der Waals surface area contributed by atoms with Crippen molar-refractivity contribution in [3.8, 4) is 0 Å². The number of rotatable bonds is 4. The number of urea groups is 1. The Balaban J connectivity index is 2.68. The Labute approximate surface area is 109 Å². The molecule has 1 saturated heterocycles. The van der Waals surface area contributed by atoms with E-state index in [9.17, 15) is 19.2 Å². The van der Waals surface area contributed by atoms with Crippen LogP contribution in [0.25, 0.3) is 0 Å². The van der Waals surface area contributed by atoms with Gasteiger partial charge in [-0.3, -0.25) is 14.5 Å². The van der Waals surface area contributed by atoms with Gasteiger partial charge < -0.3 is 15.0 Å². The Morgan fingerprint density at radius 2 is 2.11 bits per heavy atom. The number of carbonyl (C=O) groups is 4. The number of halogens is 1. The van der Waals surface area contributed by atoms with Gasteiger partial charge in [0.25, 0.3) is 0 Å². The number of imide groups is 1. The maximum Gasteiger partial charge on any atom is 0.325 e. The molecular formula is C10H14ClN3O4. The molecule has 7 nitrogen and oxygen atoms in total. The number of aldehydes is 1. The largest absolute Gasteiger partial charge is 0.333 e. The van der Waals surface area contributed by atoms with E-state index in [0.29, 0.717) is 19.4 Å². The fraction of sp³-hybridized carbons (Fsp3) is 0.600. The lowest BCUT2D eigenvalue weighted by Crippen LogP contribution is -2.59. The van der Waals surface area contributed by atoms with Gasteiger partial charge in [0, 0.05) is 25.5 Å². The van der Waals surface area contributed by atoms with Crippen LogP contribution in [0.15, 0.2) is 0 Å². The van der Waals surface area contributed by atoms with E-state index in [4.69, 9.17) is 11.6 Å². The molecule has 1 unspecified atom stereocenters. The van der Waals surface area contributed by atoms with Crippen LogP contribution in [-0.4, -0.2) is 65.5 Å². The first-order valence-electron chi connectivity index (χ1n) is 5.47. The van der Waals surface area contributed by atoms with Gasteiger partial charge in [-0.1, -0.05) is 0 Å². The van der Waals surface area contributed by atoms with Gasteiger partial charge in [-0.15, -0.1) is 11.6 Å². The molecule has 0 aromatic rings. The molecule has 0 saturated carbocycles. The smallest absolute Gasteiger partial charge is 0.325 e. The molecule has 0 spiro atoms. The molecule has 100 valence electrons. The number of hydrogen-bond donors (Lipinski definition) is 1. The Bertz CT molecular complexity index is 374. The number of hydrogen-bond acceptors (Lipinski definition) is 4. The highest BCUT2D eigenvalue weighted by atomic mass is 35.5. The summed E-state index contributed by atoms with van der Waals surface area (Å²) in [5.74, 6) is -1.70. The maximum absolute atomic E-state index is 11.7. The lowest BCUT2D eigenvalue weighted by atomic mass is 10.3. The molecule has 8 heteroatoms. The zero-order chi connectivity index (χ0) is 13.7. The fourth-order valence-corrected chi connectivity index (χ4v) is 1.67. The van der Waals surface area contributed by atoms with E-state index < -0.39 is 23.9 Å². The summed E-state index contributed by atoms with van der Waals surface area (Å²) in [4.78, 5) is 47.5. The van der Waals surface area contributed by atoms with Crippen LogP contribution in [0.5, 0.6) is 0 Å². The highest BCUT2D eigenvalue weighted by Gasteiger charge is 2.35. The van der Waals surface area contributed by atoms with Crippen molar-refractivity contribution in [2.75, 3.05) is 25.5 Å². The van der Waals surface area contributed by atoms with Crippen LogP contribution in [0.2, 0.25) is 0 Å². The average Bonchev–Trinajstić information content (AvgIpc) is 2.38. The molecule has 1 heterocycles. The van der Waals surface area contributed by atoms with Crippen LogP contribution in [0.3, 0.4) is 0 Å². The van der Waals surface area contributed by atoms with Gasteiger partial charge in [-0.25, -0.2) is 4.79 Å². The number of nitrogens with one attached hydrogen (secondary N) is 1. The summed E-state index contributed by atoms with van der Waals surface area (Å²) in [6.45, 7) is 2.56. The van der Waals surface area contributed by atoms with Crippen molar-refractivity contribution in [3.63, 3.8) is 0 Å². The van der Waals surface area contributed by atoms with Crippen LogP contribution in [0.1, 0.15) is 6.92 Å². The number of amides is 4. The predicted octanol–water partition coefficient (Wildman–Crippen LogP) is -0.807. The first kappa shape index (κ1) is 14.4. The molecular weight excluding hydrogens is 262 g/mol. The Morgan fingerprint density at radius 3 is 2.61 bits per heavy atom. The van der Waals surface area contributed by atoms with E-state index >= 15 is 0 Å². The number of nitrogens with zero attached hydrogens (tertiary/aromatic N) is 2. The van der Waals surface area contributed by atoms with E-state index in [2.05, 4.69) is 5.32 Å². The number of alkyl halides is 1. The summed E-state index contributed by atoms with van der Waals surface area (Å²) in [6, 6.07) is -1.65. The quantitative estimate of drug-likeness (QED) is 0.413. The van der Waals surface area contributed by atoms with Gasteiger partial charge in [-0.05, 0) is 6.92 Å². The third kappa shape index (κ3) is 2.98. The molecule has 18 heavy (non-hydrogen) atoms. The SMILES string of the molecule is CCN1CCN(C(=O)NC(C=O)CCl)C(=O)C1=O. The van der Waals surface area contributed by atoms with Crippen molar-refractivity contribution >= 4 is 35.7 Å². The second-order valence-electron chi connectivity index (χ2n) is 3.69. The molecule has 0 radical (unpaired) electrons. The monoisotopic (exact) mass is 275 g/mol.